The Balaban J connectivity index is 2.91. The molecule has 1 atom stereocenters. The van der Waals surface area contributed by atoms with E-state index in [0.717, 1.165) is 0 Å². The molecule has 0 saturated carbocycles. The van der Waals surface area contributed by atoms with E-state index in [9.17, 15) is 9.59 Å². The van der Waals surface area contributed by atoms with E-state index in [1.807, 2.05) is 0 Å². The molecule has 0 aliphatic heterocycles. The molecule has 1 amide bonds. The van der Waals surface area contributed by atoms with Crippen LogP contribution in [0.1, 0.15) is 10.4 Å². The molecule has 1 aromatic rings. The number of hydrogen-bond acceptors (Lipinski definition) is 5. The molecule has 0 saturated heterocycles. The standard InChI is InChI=1S/C12H14Cl2N2O4/c1-19-5-9(12(18)20-2)16-11(17)6-3-7(13)10(15)8(14)4-6/h3-4,9H,5,15H2,1-2H3,(H,16,17)/t9-/m0/s1. The van der Waals surface area contributed by atoms with Crippen LogP contribution < -0.4 is 11.1 Å². The summed E-state index contributed by atoms with van der Waals surface area (Å²) in [5.41, 5.74) is 5.95. The molecular weight excluding hydrogens is 307 g/mol. The van der Waals surface area contributed by atoms with Crippen molar-refractivity contribution < 1.29 is 19.1 Å². The SMILES string of the molecule is COC[C@H](NC(=O)c1cc(Cl)c(N)c(Cl)c1)C(=O)OC. The van der Waals surface area contributed by atoms with Crippen LogP contribution in [0.3, 0.4) is 0 Å². The normalized spacial score (nSPS) is 11.8. The van der Waals surface area contributed by atoms with E-state index in [1.54, 1.807) is 0 Å². The summed E-state index contributed by atoms with van der Waals surface area (Å²) < 4.78 is 9.41. The maximum Gasteiger partial charge on any atom is 0.330 e. The number of carbonyl (C=O) groups excluding carboxylic acids is 2. The summed E-state index contributed by atoms with van der Waals surface area (Å²) in [6, 6.07) is 1.80. The van der Waals surface area contributed by atoms with Gasteiger partial charge >= 0.3 is 5.97 Å². The predicted octanol–water partition coefficient (Wildman–Crippen LogP) is 1.49. The van der Waals surface area contributed by atoms with E-state index in [1.165, 1.54) is 26.4 Å². The first-order chi connectivity index (χ1) is 9.40. The maximum absolute atomic E-state index is 12.0. The molecule has 6 nitrogen and oxygen atoms in total. The van der Waals surface area contributed by atoms with Gasteiger partial charge in [0.25, 0.3) is 5.91 Å². The number of nitrogen functional groups attached to an aromatic ring is 1. The topological polar surface area (TPSA) is 90.6 Å². The number of rotatable bonds is 5. The number of hydrogen-bond donors (Lipinski definition) is 2. The van der Waals surface area contributed by atoms with Gasteiger partial charge in [-0.05, 0) is 12.1 Å². The van der Waals surface area contributed by atoms with E-state index >= 15 is 0 Å². The third-order valence-electron chi connectivity index (χ3n) is 2.47. The third kappa shape index (κ3) is 4.00. The molecule has 0 aromatic heterocycles. The van der Waals surface area contributed by atoms with Gasteiger partial charge in [-0.1, -0.05) is 23.2 Å². The number of benzene rings is 1. The molecule has 3 N–H and O–H groups in total. The minimum absolute atomic E-state index is 0.0190. The number of ether oxygens (including phenoxy) is 2. The van der Waals surface area contributed by atoms with Crippen LogP contribution in [0.25, 0.3) is 0 Å². The lowest BCUT2D eigenvalue weighted by Gasteiger charge is -2.16. The van der Waals surface area contributed by atoms with Gasteiger partial charge < -0.3 is 20.5 Å². The number of esters is 1. The van der Waals surface area contributed by atoms with E-state index in [4.69, 9.17) is 33.7 Å². The number of halogens is 2. The van der Waals surface area contributed by atoms with Gasteiger partial charge in [-0.15, -0.1) is 0 Å². The van der Waals surface area contributed by atoms with E-state index in [2.05, 4.69) is 10.1 Å². The molecule has 0 aliphatic carbocycles. The van der Waals surface area contributed by atoms with Crippen LogP contribution in [0, 0.1) is 0 Å². The molecule has 0 fully saturated rings. The predicted molar refractivity (Wildman–Crippen MR) is 76.0 cm³/mol. The van der Waals surface area contributed by atoms with Crippen LogP contribution in [-0.2, 0) is 14.3 Å². The van der Waals surface area contributed by atoms with Crippen molar-refractivity contribution in [3.8, 4) is 0 Å². The molecule has 0 aliphatic rings. The van der Waals surface area contributed by atoms with Crippen molar-refractivity contribution in [3.05, 3.63) is 27.7 Å². The Morgan fingerprint density at radius 1 is 1.30 bits per heavy atom. The highest BCUT2D eigenvalue weighted by Gasteiger charge is 2.22. The molecular formula is C12H14Cl2N2O4. The van der Waals surface area contributed by atoms with E-state index < -0.39 is 17.9 Å². The lowest BCUT2D eigenvalue weighted by molar-refractivity contribution is -0.144. The quantitative estimate of drug-likeness (QED) is 0.633. The second kappa shape index (κ2) is 7.33. The minimum atomic E-state index is -0.924. The highest BCUT2D eigenvalue weighted by atomic mass is 35.5. The summed E-state index contributed by atoms with van der Waals surface area (Å²) in [5.74, 6) is -1.16. The van der Waals surface area contributed by atoms with Gasteiger partial charge in [0.2, 0.25) is 0 Å². The Hall–Kier alpha value is -1.50. The molecule has 20 heavy (non-hydrogen) atoms. The van der Waals surface area contributed by atoms with Crippen LogP contribution >= 0.6 is 23.2 Å². The van der Waals surface area contributed by atoms with Crippen molar-refractivity contribution in [2.45, 2.75) is 6.04 Å². The Morgan fingerprint density at radius 3 is 2.30 bits per heavy atom. The van der Waals surface area contributed by atoms with Gasteiger partial charge in [0.15, 0.2) is 6.04 Å². The summed E-state index contributed by atoms with van der Waals surface area (Å²) in [6.07, 6.45) is 0. The summed E-state index contributed by atoms with van der Waals surface area (Å²) in [7, 11) is 2.62. The fourth-order valence-electron chi connectivity index (χ4n) is 1.43. The summed E-state index contributed by atoms with van der Waals surface area (Å²) in [6.45, 7) is -0.0190. The van der Waals surface area contributed by atoms with Crippen LogP contribution in [0.5, 0.6) is 0 Å². The average Bonchev–Trinajstić information content (AvgIpc) is 2.42. The molecule has 8 heteroatoms. The van der Waals surface area contributed by atoms with Gasteiger partial charge in [0, 0.05) is 12.7 Å². The number of amides is 1. The van der Waals surface area contributed by atoms with Gasteiger partial charge in [-0.3, -0.25) is 4.79 Å². The van der Waals surface area contributed by atoms with Gasteiger partial charge in [-0.25, -0.2) is 4.79 Å². The number of nitrogens with one attached hydrogen (secondary N) is 1. The van der Waals surface area contributed by atoms with Crippen molar-refractivity contribution in [1.82, 2.24) is 5.32 Å². The molecule has 0 spiro atoms. The fourth-order valence-corrected chi connectivity index (χ4v) is 1.92. The second-order valence-electron chi connectivity index (χ2n) is 3.86. The third-order valence-corrected chi connectivity index (χ3v) is 3.09. The highest BCUT2D eigenvalue weighted by molar-refractivity contribution is 6.39. The number of carbonyl (C=O) groups is 2. The molecule has 0 bridgehead atoms. The zero-order valence-corrected chi connectivity index (χ0v) is 12.4. The zero-order valence-electron chi connectivity index (χ0n) is 10.9. The molecule has 1 aromatic carbocycles. The number of nitrogens with two attached hydrogens (primary N) is 1. The molecule has 1 rings (SSSR count). The minimum Gasteiger partial charge on any atom is -0.467 e. The van der Waals surface area contributed by atoms with Crippen LogP contribution in [0.4, 0.5) is 5.69 Å². The Labute approximate surface area is 126 Å². The maximum atomic E-state index is 12.0. The average molecular weight is 321 g/mol. The van der Waals surface area contributed by atoms with Gasteiger partial charge in [0.1, 0.15) is 0 Å². The number of anilines is 1. The van der Waals surface area contributed by atoms with Crippen molar-refractivity contribution in [3.63, 3.8) is 0 Å². The number of methoxy groups -OCH3 is 2. The van der Waals surface area contributed by atoms with Crippen molar-refractivity contribution in [2.75, 3.05) is 26.6 Å². The van der Waals surface area contributed by atoms with Crippen LogP contribution in [0.15, 0.2) is 12.1 Å². The Morgan fingerprint density at radius 2 is 1.85 bits per heavy atom. The summed E-state index contributed by atoms with van der Waals surface area (Å²) in [5, 5.41) is 2.78. The summed E-state index contributed by atoms with van der Waals surface area (Å²) in [4.78, 5) is 23.5. The molecule has 110 valence electrons. The van der Waals surface area contributed by atoms with Gasteiger partial charge in [-0.2, -0.15) is 0 Å². The molecule has 0 unspecified atom stereocenters. The largest absolute Gasteiger partial charge is 0.467 e. The van der Waals surface area contributed by atoms with Crippen molar-refractivity contribution in [2.24, 2.45) is 0 Å². The lowest BCUT2D eigenvalue weighted by Crippen LogP contribution is -2.44. The Kier molecular flexibility index (Phi) is 6.06. The summed E-state index contributed by atoms with van der Waals surface area (Å²) >= 11 is 11.7. The monoisotopic (exact) mass is 320 g/mol. The Bertz CT molecular complexity index is 499. The first-order valence-electron chi connectivity index (χ1n) is 5.52. The van der Waals surface area contributed by atoms with Crippen LogP contribution in [0.2, 0.25) is 10.0 Å². The van der Waals surface area contributed by atoms with E-state index in [-0.39, 0.29) is 27.9 Å². The molecule has 0 heterocycles. The lowest BCUT2D eigenvalue weighted by atomic mass is 10.1. The van der Waals surface area contributed by atoms with E-state index in [0.29, 0.717) is 0 Å². The zero-order chi connectivity index (χ0) is 15.3. The second-order valence-corrected chi connectivity index (χ2v) is 4.67. The van der Waals surface area contributed by atoms with Crippen molar-refractivity contribution in [1.29, 1.82) is 0 Å². The molecule has 0 radical (unpaired) electrons. The van der Waals surface area contributed by atoms with Crippen molar-refractivity contribution >= 4 is 40.8 Å². The first kappa shape index (κ1) is 16.6. The first-order valence-corrected chi connectivity index (χ1v) is 6.28. The smallest absolute Gasteiger partial charge is 0.330 e. The van der Waals surface area contributed by atoms with Crippen LogP contribution in [-0.4, -0.2) is 38.7 Å². The van der Waals surface area contributed by atoms with Gasteiger partial charge in [0.05, 0.1) is 29.4 Å². The fraction of sp³-hybridized carbons (Fsp3) is 0.333. The highest BCUT2D eigenvalue weighted by Crippen LogP contribution is 2.28.